The number of aryl methyl sites for hydroxylation is 2. The van der Waals surface area contributed by atoms with Crippen molar-refractivity contribution >= 4 is 27.8 Å². The molecule has 0 aliphatic heterocycles. The SMILES string of the molecule is Cc1c(-c2cc(C(=O)O)c3c(OC4CC(c5ncccn5)C4)ccc(C)c3n2)oc2ccccc12. The lowest BCUT2D eigenvalue weighted by Crippen LogP contribution is -2.33. The molecular formula is C28H23N3O4. The Bertz CT molecular complexity index is 1590. The van der Waals surface area contributed by atoms with E-state index in [1.165, 1.54) is 0 Å². The monoisotopic (exact) mass is 465 g/mol. The second-order valence-electron chi connectivity index (χ2n) is 9.03. The lowest BCUT2D eigenvalue weighted by Gasteiger charge is -2.34. The molecule has 0 radical (unpaired) electrons. The highest BCUT2D eigenvalue weighted by Crippen LogP contribution is 2.41. The van der Waals surface area contributed by atoms with E-state index in [0.717, 1.165) is 40.8 Å². The summed E-state index contributed by atoms with van der Waals surface area (Å²) in [5, 5.41) is 11.6. The molecular weight excluding hydrogens is 442 g/mol. The predicted molar refractivity (Wildman–Crippen MR) is 132 cm³/mol. The molecule has 174 valence electrons. The third-order valence-corrected chi connectivity index (χ3v) is 6.77. The Kier molecular flexibility index (Phi) is 4.99. The van der Waals surface area contributed by atoms with E-state index in [4.69, 9.17) is 14.1 Å². The van der Waals surface area contributed by atoms with E-state index < -0.39 is 5.97 Å². The Hall–Kier alpha value is -4.26. The highest BCUT2D eigenvalue weighted by Gasteiger charge is 2.34. The van der Waals surface area contributed by atoms with Gasteiger partial charge < -0.3 is 14.3 Å². The first-order valence-corrected chi connectivity index (χ1v) is 11.6. The van der Waals surface area contributed by atoms with Gasteiger partial charge in [0, 0.05) is 29.3 Å². The first kappa shape index (κ1) is 21.3. The summed E-state index contributed by atoms with van der Waals surface area (Å²) in [5.41, 5.74) is 3.78. The van der Waals surface area contributed by atoms with E-state index in [0.29, 0.717) is 28.1 Å². The van der Waals surface area contributed by atoms with Gasteiger partial charge in [0.1, 0.15) is 29.0 Å². The molecule has 1 fully saturated rings. The van der Waals surface area contributed by atoms with Gasteiger partial charge in [0.2, 0.25) is 0 Å². The largest absolute Gasteiger partial charge is 0.490 e. The van der Waals surface area contributed by atoms with Crippen LogP contribution in [0.4, 0.5) is 0 Å². The standard InChI is InChI=1S/C28H23N3O4/c1-15-8-9-23(34-18-12-17(13-18)27-29-10-5-11-30-27)24-20(28(32)33)14-21(31-25(15)24)26-16(2)19-6-3-4-7-22(19)35-26/h3-11,14,17-18H,12-13H2,1-2H3,(H,32,33). The number of ether oxygens (including phenoxy) is 1. The van der Waals surface area contributed by atoms with Gasteiger partial charge in [-0.15, -0.1) is 0 Å². The molecule has 0 spiro atoms. The van der Waals surface area contributed by atoms with Crippen molar-refractivity contribution in [2.75, 3.05) is 0 Å². The molecule has 7 nitrogen and oxygen atoms in total. The van der Waals surface area contributed by atoms with E-state index in [9.17, 15) is 9.90 Å². The molecule has 1 aliphatic carbocycles. The number of aromatic carboxylic acids is 1. The number of benzene rings is 2. The number of nitrogens with zero attached hydrogens (tertiary/aromatic N) is 3. The molecule has 3 heterocycles. The number of para-hydroxylation sites is 1. The zero-order valence-corrected chi connectivity index (χ0v) is 19.4. The summed E-state index contributed by atoms with van der Waals surface area (Å²) in [5.74, 6) is 1.14. The molecule has 3 aromatic heterocycles. The van der Waals surface area contributed by atoms with Crippen LogP contribution < -0.4 is 4.74 Å². The number of furan rings is 1. The van der Waals surface area contributed by atoms with Crippen LogP contribution in [0, 0.1) is 13.8 Å². The number of hydrogen-bond acceptors (Lipinski definition) is 6. The van der Waals surface area contributed by atoms with Gasteiger partial charge in [-0.1, -0.05) is 24.3 Å². The van der Waals surface area contributed by atoms with Crippen molar-refractivity contribution in [3.05, 3.63) is 83.4 Å². The second kappa shape index (κ2) is 8.20. The summed E-state index contributed by atoms with van der Waals surface area (Å²) in [6.07, 6.45) is 5.03. The van der Waals surface area contributed by atoms with Crippen LogP contribution in [0.25, 0.3) is 33.3 Å². The summed E-state index contributed by atoms with van der Waals surface area (Å²) in [6, 6.07) is 14.9. The third kappa shape index (κ3) is 3.60. The maximum atomic E-state index is 12.4. The van der Waals surface area contributed by atoms with Gasteiger partial charge in [0.25, 0.3) is 0 Å². The molecule has 1 N–H and O–H groups in total. The van der Waals surface area contributed by atoms with Gasteiger partial charge in [-0.05, 0) is 56.5 Å². The zero-order valence-electron chi connectivity index (χ0n) is 19.4. The highest BCUT2D eigenvalue weighted by atomic mass is 16.5. The normalized spacial score (nSPS) is 17.4. The second-order valence-corrected chi connectivity index (χ2v) is 9.03. The number of carbonyl (C=O) groups is 1. The van der Waals surface area contributed by atoms with Crippen LogP contribution in [-0.2, 0) is 0 Å². The van der Waals surface area contributed by atoms with Crippen LogP contribution in [0.15, 0.2) is 65.3 Å². The molecule has 0 atom stereocenters. The smallest absolute Gasteiger partial charge is 0.336 e. The van der Waals surface area contributed by atoms with Crippen LogP contribution in [-0.4, -0.2) is 32.1 Å². The maximum absolute atomic E-state index is 12.4. The van der Waals surface area contributed by atoms with Crippen LogP contribution in [0.5, 0.6) is 5.75 Å². The number of pyridine rings is 1. The van der Waals surface area contributed by atoms with Crippen molar-refractivity contribution in [2.45, 2.75) is 38.7 Å². The third-order valence-electron chi connectivity index (χ3n) is 6.77. The Morgan fingerprint density at radius 2 is 1.83 bits per heavy atom. The number of rotatable bonds is 5. The van der Waals surface area contributed by atoms with E-state index in [2.05, 4.69) is 9.97 Å². The minimum absolute atomic E-state index is 0.0337. The summed E-state index contributed by atoms with van der Waals surface area (Å²) < 4.78 is 12.4. The number of carboxylic acids is 1. The molecule has 0 bridgehead atoms. The van der Waals surface area contributed by atoms with Gasteiger partial charge in [-0.3, -0.25) is 0 Å². The van der Waals surface area contributed by atoms with E-state index in [-0.39, 0.29) is 17.6 Å². The number of aromatic nitrogens is 3. The van der Waals surface area contributed by atoms with Crippen LogP contribution in [0.3, 0.4) is 0 Å². The minimum Gasteiger partial charge on any atom is -0.490 e. The highest BCUT2D eigenvalue weighted by molar-refractivity contribution is 6.07. The lowest BCUT2D eigenvalue weighted by molar-refractivity contribution is 0.0697. The molecule has 35 heavy (non-hydrogen) atoms. The van der Waals surface area contributed by atoms with Crippen molar-refractivity contribution in [3.8, 4) is 17.2 Å². The predicted octanol–water partition coefficient (Wildman–Crippen LogP) is 6.08. The van der Waals surface area contributed by atoms with Gasteiger partial charge >= 0.3 is 5.97 Å². The summed E-state index contributed by atoms with van der Waals surface area (Å²) in [7, 11) is 0. The minimum atomic E-state index is -1.04. The summed E-state index contributed by atoms with van der Waals surface area (Å²) >= 11 is 0. The number of fused-ring (bicyclic) bond motifs is 2. The fraction of sp³-hybridized carbons (Fsp3) is 0.214. The molecule has 6 rings (SSSR count). The van der Waals surface area contributed by atoms with Crippen molar-refractivity contribution in [1.29, 1.82) is 0 Å². The van der Waals surface area contributed by atoms with Gasteiger partial charge in [-0.2, -0.15) is 0 Å². The summed E-state index contributed by atoms with van der Waals surface area (Å²) in [6.45, 7) is 3.88. The average Bonchev–Trinajstić information content (AvgIpc) is 3.19. The van der Waals surface area contributed by atoms with Gasteiger partial charge in [0.05, 0.1) is 16.5 Å². The molecule has 1 saturated carbocycles. The van der Waals surface area contributed by atoms with Crippen molar-refractivity contribution in [3.63, 3.8) is 0 Å². The quantitative estimate of drug-likeness (QED) is 0.336. The van der Waals surface area contributed by atoms with Gasteiger partial charge in [0.15, 0.2) is 5.76 Å². The average molecular weight is 466 g/mol. The fourth-order valence-corrected chi connectivity index (χ4v) is 4.82. The first-order valence-electron chi connectivity index (χ1n) is 11.6. The van der Waals surface area contributed by atoms with Crippen LogP contribution >= 0.6 is 0 Å². The molecule has 0 unspecified atom stereocenters. The first-order chi connectivity index (χ1) is 17.0. The molecule has 7 heteroatoms. The van der Waals surface area contributed by atoms with Crippen molar-refractivity contribution in [1.82, 2.24) is 15.0 Å². The molecule has 1 aliphatic rings. The van der Waals surface area contributed by atoms with E-state index in [1.54, 1.807) is 24.5 Å². The van der Waals surface area contributed by atoms with E-state index >= 15 is 0 Å². The topological polar surface area (TPSA) is 98.3 Å². The molecule has 2 aromatic carbocycles. The lowest BCUT2D eigenvalue weighted by atomic mass is 9.81. The fourth-order valence-electron chi connectivity index (χ4n) is 4.82. The molecule has 5 aromatic rings. The van der Waals surface area contributed by atoms with Crippen LogP contribution in [0.1, 0.15) is 46.1 Å². The van der Waals surface area contributed by atoms with Crippen molar-refractivity contribution in [2.24, 2.45) is 0 Å². The van der Waals surface area contributed by atoms with E-state index in [1.807, 2.05) is 50.2 Å². The van der Waals surface area contributed by atoms with Crippen molar-refractivity contribution < 1.29 is 19.1 Å². The summed E-state index contributed by atoms with van der Waals surface area (Å²) in [4.78, 5) is 25.9. The Morgan fingerprint density at radius 3 is 2.57 bits per heavy atom. The maximum Gasteiger partial charge on any atom is 0.336 e. The zero-order chi connectivity index (χ0) is 24.1. The Morgan fingerprint density at radius 1 is 1.06 bits per heavy atom. The number of hydrogen-bond donors (Lipinski definition) is 1. The van der Waals surface area contributed by atoms with Gasteiger partial charge in [-0.25, -0.2) is 19.7 Å². The Labute approximate surface area is 201 Å². The molecule has 0 amide bonds. The molecule has 0 saturated heterocycles. The Balaban J connectivity index is 1.41. The number of carboxylic acid groups (broad SMARTS) is 1. The van der Waals surface area contributed by atoms with Crippen LogP contribution in [0.2, 0.25) is 0 Å².